The van der Waals surface area contributed by atoms with Crippen molar-refractivity contribution in [3.8, 4) is 0 Å². The molecule has 3 N–H and O–H groups in total. The molecule has 0 aromatic heterocycles. The fraction of sp³-hybridized carbons (Fsp3) is 0.200. The highest BCUT2D eigenvalue weighted by Gasteiger charge is 2.24. The van der Waals surface area contributed by atoms with E-state index in [1.165, 1.54) is 11.8 Å². The van der Waals surface area contributed by atoms with Crippen molar-refractivity contribution in [3.05, 3.63) is 24.3 Å². The normalized spacial score (nSPS) is 19.2. The van der Waals surface area contributed by atoms with E-state index in [0.717, 1.165) is 10.6 Å². The van der Waals surface area contributed by atoms with Crippen LogP contribution in [0.15, 0.2) is 29.2 Å². The van der Waals surface area contributed by atoms with Crippen LogP contribution in [0.1, 0.15) is 0 Å². The Labute approximate surface area is 96.2 Å². The maximum atomic E-state index is 11.7. The predicted octanol–water partition coefficient (Wildman–Crippen LogP) is 1.37. The number of benzene rings is 1. The number of carbonyl (C=O) groups is 2. The molecule has 1 heterocycles. The van der Waals surface area contributed by atoms with Gasteiger partial charge in [-0.15, -0.1) is 11.8 Å². The number of fused-ring (bicyclic) bond motifs is 1. The van der Waals surface area contributed by atoms with Crippen LogP contribution in [0.5, 0.6) is 0 Å². The fourth-order valence-corrected chi connectivity index (χ4v) is 2.45. The van der Waals surface area contributed by atoms with E-state index in [-0.39, 0.29) is 5.91 Å². The van der Waals surface area contributed by atoms with Gasteiger partial charge in [-0.2, -0.15) is 0 Å². The minimum absolute atomic E-state index is 0.320. The number of hydrogen-bond acceptors (Lipinski definition) is 3. The minimum atomic E-state index is -1.19. The van der Waals surface area contributed by atoms with Crippen molar-refractivity contribution in [1.82, 2.24) is 5.32 Å². The molecule has 1 aromatic carbocycles. The molecule has 0 saturated carbocycles. The highest BCUT2D eigenvalue weighted by Crippen LogP contribution is 2.30. The molecule has 0 unspecified atom stereocenters. The SMILES string of the molecule is O=C(O)N[C@@H]1CSc2ccccc2NC1=O. The zero-order valence-corrected chi connectivity index (χ0v) is 9.08. The molecule has 2 rings (SSSR count). The van der Waals surface area contributed by atoms with E-state index >= 15 is 0 Å². The van der Waals surface area contributed by atoms with Gasteiger partial charge in [0, 0.05) is 10.6 Å². The van der Waals surface area contributed by atoms with Crippen LogP contribution in [0.4, 0.5) is 10.5 Å². The summed E-state index contributed by atoms with van der Waals surface area (Å²) >= 11 is 1.45. The molecule has 1 aliphatic heterocycles. The van der Waals surface area contributed by atoms with Crippen molar-refractivity contribution < 1.29 is 14.7 Å². The van der Waals surface area contributed by atoms with Gasteiger partial charge in [-0.05, 0) is 12.1 Å². The smallest absolute Gasteiger partial charge is 0.405 e. The first kappa shape index (κ1) is 10.8. The Morgan fingerprint density at radius 1 is 1.50 bits per heavy atom. The summed E-state index contributed by atoms with van der Waals surface area (Å²) in [5.74, 6) is 0.0784. The van der Waals surface area contributed by atoms with Gasteiger partial charge < -0.3 is 15.7 Å². The molecule has 1 aromatic rings. The second-order valence-corrected chi connectivity index (χ2v) is 4.36. The number of thioether (sulfide) groups is 1. The average Bonchev–Trinajstić information content (AvgIpc) is 2.39. The molecule has 0 spiro atoms. The van der Waals surface area contributed by atoms with Gasteiger partial charge in [0.15, 0.2) is 0 Å². The van der Waals surface area contributed by atoms with E-state index in [0.29, 0.717) is 5.75 Å². The van der Waals surface area contributed by atoms with Gasteiger partial charge in [0.05, 0.1) is 5.69 Å². The van der Waals surface area contributed by atoms with Crippen LogP contribution < -0.4 is 10.6 Å². The van der Waals surface area contributed by atoms with Gasteiger partial charge in [-0.1, -0.05) is 12.1 Å². The molecule has 6 heteroatoms. The lowest BCUT2D eigenvalue weighted by Crippen LogP contribution is -2.44. The molecule has 0 fully saturated rings. The summed E-state index contributed by atoms with van der Waals surface area (Å²) in [6, 6.07) is 6.68. The lowest BCUT2D eigenvalue weighted by atomic mass is 10.3. The predicted molar refractivity (Wildman–Crippen MR) is 60.7 cm³/mol. The maximum Gasteiger partial charge on any atom is 0.405 e. The van der Waals surface area contributed by atoms with Crippen LogP contribution in [0.25, 0.3) is 0 Å². The number of amides is 2. The van der Waals surface area contributed by atoms with Crippen LogP contribution in [0.3, 0.4) is 0 Å². The largest absolute Gasteiger partial charge is 0.465 e. The maximum absolute atomic E-state index is 11.7. The number of nitrogens with one attached hydrogen (secondary N) is 2. The Hall–Kier alpha value is -1.69. The Morgan fingerprint density at radius 3 is 3.00 bits per heavy atom. The lowest BCUT2D eigenvalue weighted by Gasteiger charge is -2.11. The molecule has 0 aliphatic carbocycles. The molecule has 1 aliphatic rings. The fourth-order valence-electron chi connectivity index (χ4n) is 1.42. The van der Waals surface area contributed by atoms with Gasteiger partial charge in [0.1, 0.15) is 6.04 Å². The molecule has 0 bridgehead atoms. The summed E-state index contributed by atoms with van der Waals surface area (Å²) < 4.78 is 0. The van der Waals surface area contributed by atoms with Gasteiger partial charge in [0.2, 0.25) is 5.91 Å². The molecule has 2 amide bonds. The molecule has 5 nitrogen and oxygen atoms in total. The van der Waals surface area contributed by atoms with Crippen molar-refractivity contribution in [2.45, 2.75) is 10.9 Å². The van der Waals surface area contributed by atoms with Gasteiger partial charge >= 0.3 is 6.09 Å². The molecular formula is C10H10N2O3S. The number of hydrogen-bond donors (Lipinski definition) is 3. The Kier molecular flexibility index (Phi) is 3.00. The highest BCUT2D eigenvalue weighted by atomic mass is 32.2. The number of carboxylic acid groups (broad SMARTS) is 1. The standard InChI is InChI=1S/C10H10N2O3S/c13-9-7(12-10(14)15)5-16-8-4-2-1-3-6(8)11-9/h1-4,7,12H,5H2,(H,11,13)(H,14,15)/t7-/m1/s1. The van der Waals surface area contributed by atoms with Crippen molar-refractivity contribution in [3.63, 3.8) is 0 Å². The number of para-hydroxylation sites is 1. The lowest BCUT2D eigenvalue weighted by molar-refractivity contribution is -0.117. The summed E-state index contributed by atoms with van der Waals surface area (Å²) in [6.07, 6.45) is -1.19. The average molecular weight is 238 g/mol. The number of carbonyl (C=O) groups excluding carboxylic acids is 1. The van der Waals surface area contributed by atoms with E-state index in [1.54, 1.807) is 6.07 Å². The zero-order valence-electron chi connectivity index (χ0n) is 8.27. The second kappa shape index (κ2) is 4.44. The van der Waals surface area contributed by atoms with Crippen molar-refractivity contribution in [1.29, 1.82) is 0 Å². The topological polar surface area (TPSA) is 78.4 Å². The summed E-state index contributed by atoms with van der Waals surface area (Å²) in [4.78, 5) is 23.1. The van der Waals surface area contributed by atoms with Gasteiger partial charge in [-0.25, -0.2) is 4.79 Å². The first-order chi connectivity index (χ1) is 7.66. The number of rotatable bonds is 1. The van der Waals surface area contributed by atoms with Crippen molar-refractivity contribution in [2.75, 3.05) is 11.1 Å². The van der Waals surface area contributed by atoms with Gasteiger partial charge in [-0.3, -0.25) is 4.79 Å². The molecular weight excluding hydrogens is 228 g/mol. The van der Waals surface area contributed by atoms with Gasteiger partial charge in [0.25, 0.3) is 0 Å². The van der Waals surface area contributed by atoms with E-state index in [1.807, 2.05) is 18.2 Å². The van der Waals surface area contributed by atoms with Crippen molar-refractivity contribution in [2.24, 2.45) is 0 Å². The Balaban J connectivity index is 2.18. The molecule has 1 atom stereocenters. The quantitative estimate of drug-likeness (QED) is 0.690. The third-order valence-electron chi connectivity index (χ3n) is 2.16. The van der Waals surface area contributed by atoms with Crippen LogP contribution in [0, 0.1) is 0 Å². The van der Waals surface area contributed by atoms with Crippen LogP contribution in [-0.2, 0) is 4.79 Å². The van der Waals surface area contributed by atoms with E-state index in [9.17, 15) is 9.59 Å². The number of anilines is 1. The first-order valence-corrected chi connectivity index (χ1v) is 5.67. The van der Waals surface area contributed by atoms with E-state index in [2.05, 4.69) is 10.6 Å². The summed E-state index contributed by atoms with van der Waals surface area (Å²) in [5.41, 5.74) is 0.729. The van der Waals surface area contributed by atoms with Crippen LogP contribution in [0.2, 0.25) is 0 Å². The third kappa shape index (κ3) is 2.27. The Bertz CT molecular complexity index is 436. The molecule has 0 saturated heterocycles. The molecule has 84 valence electrons. The first-order valence-electron chi connectivity index (χ1n) is 4.69. The Morgan fingerprint density at radius 2 is 2.25 bits per heavy atom. The summed E-state index contributed by atoms with van der Waals surface area (Å²) in [7, 11) is 0. The van der Waals surface area contributed by atoms with E-state index in [4.69, 9.17) is 5.11 Å². The molecule has 16 heavy (non-hydrogen) atoms. The monoisotopic (exact) mass is 238 g/mol. The second-order valence-electron chi connectivity index (χ2n) is 3.30. The van der Waals surface area contributed by atoms with Crippen LogP contribution in [-0.4, -0.2) is 28.9 Å². The zero-order chi connectivity index (χ0) is 11.5. The van der Waals surface area contributed by atoms with Crippen LogP contribution >= 0.6 is 11.8 Å². The molecule has 0 radical (unpaired) electrons. The van der Waals surface area contributed by atoms with Crippen molar-refractivity contribution >= 4 is 29.4 Å². The van der Waals surface area contributed by atoms with E-state index < -0.39 is 12.1 Å². The third-order valence-corrected chi connectivity index (χ3v) is 3.33. The minimum Gasteiger partial charge on any atom is -0.465 e. The summed E-state index contributed by atoms with van der Waals surface area (Å²) in [5, 5.41) is 13.5. The summed E-state index contributed by atoms with van der Waals surface area (Å²) in [6.45, 7) is 0. The highest BCUT2D eigenvalue weighted by molar-refractivity contribution is 7.99.